The first-order valence-corrected chi connectivity index (χ1v) is 5.25. The Hall–Kier alpha value is -1.30. The molecule has 0 aromatic heterocycles. The van der Waals surface area contributed by atoms with Crippen LogP contribution in [-0.2, 0) is 6.42 Å². The van der Waals surface area contributed by atoms with Crippen molar-refractivity contribution in [3.8, 4) is 0 Å². The number of halogens is 4. The van der Waals surface area contributed by atoms with Gasteiger partial charge < -0.3 is 10.6 Å². The van der Waals surface area contributed by atoms with Gasteiger partial charge in [0, 0.05) is 18.8 Å². The zero-order valence-electron chi connectivity index (χ0n) is 8.97. The Morgan fingerprint density at radius 2 is 2.06 bits per heavy atom. The number of rotatable bonds is 2. The molecule has 2 rings (SSSR count). The normalized spacial score (nSPS) is 17.1. The van der Waals surface area contributed by atoms with E-state index in [1.807, 2.05) is 0 Å². The van der Waals surface area contributed by atoms with Gasteiger partial charge in [-0.1, -0.05) is 6.07 Å². The molecule has 6 heteroatoms. The van der Waals surface area contributed by atoms with Gasteiger partial charge in [0.2, 0.25) is 0 Å². The SMILES string of the molecule is NCC(N1CCc2ccc(F)cc21)C(F)(F)F. The fraction of sp³-hybridized carbons (Fsp3) is 0.455. The number of anilines is 1. The van der Waals surface area contributed by atoms with Crippen LogP contribution in [0.25, 0.3) is 0 Å². The molecule has 0 bridgehead atoms. The summed E-state index contributed by atoms with van der Waals surface area (Å²) in [6, 6.07) is 2.17. The van der Waals surface area contributed by atoms with Gasteiger partial charge in [0.05, 0.1) is 0 Å². The summed E-state index contributed by atoms with van der Waals surface area (Å²) in [5.74, 6) is -0.534. The number of fused-ring (bicyclic) bond motifs is 1. The Bertz CT molecular complexity index is 416. The van der Waals surface area contributed by atoms with Crippen molar-refractivity contribution in [1.82, 2.24) is 0 Å². The predicted molar refractivity (Wildman–Crippen MR) is 56.3 cm³/mol. The lowest BCUT2D eigenvalue weighted by atomic mass is 10.1. The number of hydrogen-bond donors (Lipinski definition) is 1. The van der Waals surface area contributed by atoms with Gasteiger partial charge in [-0.15, -0.1) is 0 Å². The first-order valence-electron chi connectivity index (χ1n) is 5.25. The van der Waals surface area contributed by atoms with Crippen LogP contribution in [0.3, 0.4) is 0 Å². The van der Waals surface area contributed by atoms with E-state index in [1.54, 1.807) is 0 Å². The van der Waals surface area contributed by atoms with Crippen LogP contribution < -0.4 is 10.6 Å². The summed E-state index contributed by atoms with van der Waals surface area (Å²) in [5.41, 5.74) is 6.21. The molecule has 0 spiro atoms. The van der Waals surface area contributed by atoms with Gasteiger partial charge in [0.15, 0.2) is 0 Å². The minimum Gasteiger partial charge on any atom is -0.358 e. The highest BCUT2D eigenvalue weighted by Gasteiger charge is 2.44. The van der Waals surface area contributed by atoms with Gasteiger partial charge in [-0.3, -0.25) is 0 Å². The average Bonchev–Trinajstić information content (AvgIpc) is 2.60. The van der Waals surface area contributed by atoms with Gasteiger partial charge in [-0.2, -0.15) is 13.2 Å². The Morgan fingerprint density at radius 1 is 1.35 bits per heavy atom. The highest BCUT2D eigenvalue weighted by atomic mass is 19.4. The van der Waals surface area contributed by atoms with Crippen LogP contribution in [0.15, 0.2) is 18.2 Å². The maximum atomic E-state index is 13.1. The van der Waals surface area contributed by atoms with E-state index >= 15 is 0 Å². The van der Waals surface area contributed by atoms with Gasteiger partial charge >= 0.3 is 6.18 Å². The smallest absolute Gasteiger partial charge is 0.358 e. The van der Waals surface area contributed by atoms with Crippen LogP contribution in [0, 0.1) is 5.82 Å². The van der Waals surface area contributed by atoms with Gasteiger partial charge in [-0.25, -0.2) is 4.39 Å². The molecule has 94 valence electrons. The molecule has 1 unspecified atom stereocenters. The number of benzene rings is 1. The van der Waals surface area contributed by atoms with Crippen molar-refractivity contribution < 1.29 is 17.6 Å². The molecular weight excluding hydrogens is 236 g/mol. The Balaban J connectivity index is 2.35. The summed E-state index contributed by atoms with van der Waals surface area (Å²) < 4.78 is 51.3. The van der Waals surface area contributed by atoms with Crippen molar-refractivity contribution in [2.24, 2.45) is 5.73 Å². The maximum absolute atomic E-state index is 13.1. The van der Waals surface area contributed by atoms with Gasteiger partial charge in [-0.05, 0) is 24.1 Å². The molecule has 0 saturated heterocycles. The molecule has 2 nitrogen and oxygen atoms in total. The van der Waals surface area contributed by atoms with Crippen LogP contribution in [0.5, 0.6) is 0 Å². The second kappa shape index (κ2) is 4.18. The highest BCUT2D eigenvalue weighted by Crippen LogP contribution is 2.35. The third-order valence-electron chi connectivity index (χ3n) is 2.96. The lowest BCUT2D eigenvalue weighted by molar-refractivity contribution is -0.146. The van der Waals surface area contributed by atoms with Gasteiger partial charge in [0.25, 0.3) is 0 Å². The topological polar surface area (TPSA) is 29.3 Å². The van der Waals surface area contributed by atoms with Crippen molar-refractivity contribution in [3.63, 3.8) is 0 Å². The summed E-state index contributed by atoms with van der Waals surface area (Å²) in [6.07, 6.45) is -3.91. The molecule has 1 heterocycles. The van der Waals surface area contributed by atoms with Gasteiger partial charge in [0.1, 0.15) is 11.9 Å². The Kier molecular flexibility index (Phi) is 2.99. The molecule has 1 aromatic rings. The third-order valence-corrected chi connectivity index (χ3v) is 2.96. The third kappa shape index (κ3) is 2.22. The maximum Gasteiger partial charge on any atom is 0.409 e. The van der Waals surface area contributed by atoms with E-state index in [4.69, 9.17) is 5.73 Å². The largest absolute Gasteiger partial charge is 0.409 e. The van der Waals surface area contributed by atoms with Crippen LogP contribution in [0.1, 0.15) is 5.56 Å². The molecule has 0 radical (unpaired) electrons. The monoisotopic (exact) mass is 248 g/mol. The molecule has 1 aromatic carbocycles. The van der Waals surface area contributed by atoms with E-state index in [2.05, 4.69) is 0 Å². The summed E-state index contributed by atoms with van der Waals surface area (Å²) in [5, 5.41) is 0. The molecule has 0 amide bonds. The molecule has 1 atom stereocenters. The predicted octanol–water partition coefficient (Wildman–Crippen LogP) is 2.08. The standard InChI is InChI=1S/C11H12F4N2/c12-8-2-1-7-3-4-17(9(7)5-8)10(6-16)11(13,14)15/h1-2,5,10H,3-4,6,16H2. The van der Waals surface area contributed by atoms with E-state index in [9.17, 15) is 17.6 Å². The highest BCUT2D eigenvalue weighted by molar-refractivity contribution is 5.59. The molecule has 1 aliphatic heterocycles. The van der Waals surface area contributed by atoms with Crippen LogP contribution in [-0.4, -0.2) is 25.3 Å². The summed E-state index contributed by atoms with van der Waals surface area (Å²) in [7, 11) is 0. The number of hydrogen-bond acceptors (Lipinski definition) is 2. The van der Waals surface area contributed by atoms with Crippen LogP contribution in [0.4, 0.5) is 23.2 Å². The Morgan fingerprint density at radius 3 is 2.65 bits per heavy atom. The summed E-state index contributed by atoms with van der Waals surface area (Å²) in [4.78, 5) is 1.14. The number of nitrogens with two attached hydrogens (primary N) is 1. The van der Waals surface area contributed by atoms with Crippen molar-refractivity contribution in [2.75, 3.05) is 18.0 Å². The zero-order valence-corrected chi connectivity index (χ0v) is 8.97. The first-order chi connectivity index (χ1) is 7.93. The fourth-order valence-corrected chi connectivity index (χ4v) is 2.14. The second-order valence-electron chi connectivity index (χ2n) is 4.01. The molecule has 0 saturated carbocycles. The molecular formula is C11H12F4N2. The fourth-order valence-electron chi connectivity index (χ4n) is 2.14. The van der Waals surface area contributed by atoms with Crippen LogP contribution in [0.2, 0.25) is 0 Å². The van der Waals surface area contributed by atoms with E-state index in [0.717, 1.165) is 16.5 Å². The molecule has 17 heavy (non-hydrogen) atoms. The second-order valence-corrected chi connectivity index (χ2v) is 4.01. The number of nitrogens with zero attached hydrogens (tertiary/aromatic N) is 1. The molecule has 2 N–H and O–H groups in total. The molecule has 0 aliphatic carbocycles. The minimum atomic E-state index is -4.40. The lowest BCUT2D eigenvalue weighted by Gasteiger charge is -2.30. The van der Waals surface area contributed by atoms with E-state index in [-0.39, 0.29) is 6.54 Å². The average molecular weight is 248 g/mol. The van der Waals surface area contributed by atoms with E-state index in [0.29, 0.717) is 12.1 Å². The van der Waals surface area contributed by atoms with Crippen molar-refractivity contribution in [3.05, 3.63) is 29.6 Å². The van der Waals surface area contributed by atoms with Crippen molar-refractivity contribution in [2.45, 2.75) is 18.6 Å². The summed E-state index contributed by atoms with van der Waals surface area (Å²) >= 11 is 0. The quantitative estimate of drug-likeness (QED) is 0.812. The van der Waals surface area contributed by atoms with Crippen molar-refractivity contribution >= 4 is 5.69 Å². The molecule has 1 aliphatic rings. The first kappa shape index (κ1) is 12.2. The van der Waals surface area contributed by atoms with E-state index in [1.165, 1.54) is 12.1 Å². The molecule has 0 fully saturated rings. The van der Waals surface area contributed by atoms with Crippen molar-refractivity contribution in [1.29, 1.82) is 0 Å². The number of alkyl halides is 3. The minimum absolute atomic E-state index is 0.222. The van der Waals surface area contributed by atoms with Crippen LogP contribution >= 0.6 is 0 Å². The summed E-state index contributed by atoms with van der Waals surface area (Å²) in [6.45, 7) is -0.306. The lowest BCUT2D eigenvalue weighted by Crippen LogP contribution is -2.49. The Labute approximate surface area is 96.0 Å². The zero-order chi connectivity index (χ0) is 12.6. The van der Waals surface area contributed by atoms with E-state index < -0.39 is 24.6 Å².